The molecule has 0 spiro atoms. The van der Waals surface area contributed by atoms with Gasteiger partial charge in [0.2, 0.25) is 5.95 Å². The Balaban J connectivity index is 1.89. The molecule has 0 fully saturated rings. The zero-order chi connectivity index (χ0) is 16.7. The Morgan fingerprint density at radius 1 is 1.33 bits per heavy atom. The number of aromatic nitrogens is 5. The molecule has 0 aliphatic heterocycles. The van der Waals surface area contributed by atoms with E-state index in [2.05, 4.69) is 25.3 Å². The lowest BCUT2D eigenvalue weighted by molar-refractivity contribution is 0.276. The van der Waals surface area contributed by atoms with Gasteiger partial charge in [-0.3, -0.25) is 4.40 Å². The summed E-state index contributed by atoms with van der Waals surface area (Å²) in [5, 5.41) is 13.2. The summed E-state index contributed by atoms with van der Waals surface area (Å²) < 4.78 is 15.9. The number of nitrogens with zero attached hydrogens (tertiary/aromatic N) is 4. The number of aliphatic hydroxyl groups is 1. The van der Waals surface area contributed by atoms with Gasteiger partial charge in [0.15, 0.2) is 11.5 Å². The molecule has 8 heteroatoms. The molecule has 4 rings (SSSR count). The lowest BCUT2D eigenvalue weighted by Crippen LogP contribution is -2.01. The number of aliphatic hydroxyl groups excluding tert-OH is 1. The molecule has 122 valence electrons. The minimum Gasteiger partial charge on any atom is -0.390 e. The number of rotatable bonds is 4. The Bertz CT molecular complexity index is 1040. The van der Waals surface area contributed by atoms with E-state index >= 15 is 0 Å². The number of nitrogens with one attached hydrogen (secondary N) is 2. The van der Waals surface area contributed by atoms with Crippen molar-refractivity contribution in [1.29, 1.82) is 0 Å². The van der Waals surface area contributed by atoms with Gasteiger partial charge in [0, 0.05) is 41.6 Å². The van der Waals surface area contributed by atoms with Gasteiger partial charge in [0.1, 0.15) is 5.65 Å². The summed E-state index contributed by atoms with van der Waals surface area (Å²) in [4.78, 5) is 15.7. The number of aromatic amines is 1. The Kier molecular flexibility index (Phi) is 3.39. The second-order valence-electron chi connectivity index (χ2n) is 5.37. The molecule has 0 bridgehead atoms. The molecule has 0 atom stereocenters. The molecule has 0 saturated heterocycles. The molecular weight excluding hydrogens is 311 g/mol. The largest absolute Gasteiger partial charge is 0.390 e. The highest BCUT2D eigenvalue weighted by molar-refractivity contribution is 5.93. The third-order valence-electron chi connectivity index (χ3n) is 3.88. The van der Waals surface area contributed by atoms with Gasteiger partial charge in [0.25, 0.3) is 0 Å². The van der Waals surface area contributed by atoms with Crippen LogP contribution in [0.1, 0.15) is 12.6 Å². The number of hydrogen-bond acceptors (Lipinski definition) is 5. The molecule has 0 radical (unpaired) electrons. The molecule has 24 heavy (non-hydrogen) atoms. The molecule has 4 heterocycles. The maximum absolute atomic E-state index is 14.3. The molecule has 0 saturated carbocycles. The first-order valence-corrected chi connectivity index (χ1v) is 7.56. The lowest BCUT2D eigenvalue weighted by atomic mass is 10.1. The van der Waals surface area contributed by atoms with Gasteiger partial charge in [-0.15, -0.1) is 0 Å². The number of anilines is 1. The van der Waals surface area contributed by atoms with Crippen LogP contribution in [0, 0.1) is 5.82 Å². The lowest BCUT2D eigenvalue weighted by Gasteiger charge is -2.05. The summed E-state index contributed by atoms with van der Waals surface area (Å²) in [7, 11) is 0. The van der Waals surface area contributed by atoms with E-state index in [0.717, 1.165) is 17.5 Å². The summed E-state index contributed by atoms with van der Waals surface area (Å²) in [6.07, 6.45) is 6.68. The maximum atomic E-state index is 14.3. The van der Waals surface area contributed by atoms with Crippen LogP contribution < -0.4 is 5.32 Å². The Morgan fingerprint density at radius 2 is 2.21 bits per heavy atom. The second kappa shape index (κ2) is 5.57. The van der Waals surface area contributed by atoms with Crippen LogP contribution in [0.3, 0.4) is 0 Å². The fraction of sp³-hybridized carbons (Fsp3) is 0.188. The van der Waals surface area contributed by atoms with E-state index < -0.39 is 5.82 Å². The van der Waals surface area contributed by atoms with Gasteiger partial charge in [-0.25, -0.2) is 14.4 Å². The topological polar surface area (TPSA) is 91.1 Å². The number of pyridine rings is 1. The van der Waals surface area contributed by atoms with E-state index in [-0.39, 0.29) is 12.3 Å². The highest BCUT2D eigenvalue weighted by Crippen LogP contribution is 2.29. The number of imidazole rings is 1. The summed E-state index contributed by atoms with van der Waals surface area (Å²) in [6.45, 7) is 2.48. The predicted molar refractivity (Wildman–Crippen MR) is 88.1 cm³/mol. The number of H-pyrrole nitrogens is 1. The van der Waals surface area contributed by atoms with E-state index in [0.29, 0.717) is 22.9 Å². The third kappa shape index (κ3) is 2.19. The van der Waals surface area contributed by atoms with E-state index in [1.807, 2.05) is 6.92 Å². The van der Waals surface area contributed by atoms with Crippen molar-refractivity contribution in [2.45, 2.75) is 13.5 Å². The molecule has 7 nitrogen and oxygen atoms in total. The Hall–Kier alpha value is -3.00. The van der Waals surface area contributed by atoms with Crippen LogP contribution in [0.25, 0.3) is 27.8 Å². The molecule has 0 amide bonds. The maximum Gasteiger partial charge on any atom is 0.224 e. The van der Waals surface area contributed by atoms with Gasteiger partial charge < -0.3 is 15.4 Å². The predicted octanol–water partition coefficient (Wildman–Crippen LogP) is 2.34. The van der Waals surface area contributed by atoms with Gasteiger partial charge in [-0.2, -0.15) is 4.98 Å². The number of fused-ring (bicyclic) bond motifs is 2. The third-order valence-corrected chi connectivity index (χ3v) is 3.88. The first-order chi connectivity index (χ1) is 11.7. The highest BCUT2D eigenvalue weighted by Gasteiger charge is 2.14. The standard InChI is InChI=1S/C16H15FN6O/c1-2-18-16-21-6-12-11(5-19-14(12)22-16)9-3-13(17)15-20-4-10(8-24)23(15)7-9/h3-7,24H,2,8H2,1H3,(H2,18,19,21,22). The average molecular weight is 326 g/mol. The normalized spacial score (nSPS) is 11.5. The van der Waals surface area contributed by atoms with Gasteiger partial charge in [0.05, 0.1) is 18.5 Å². The van der Waals surface area contributed by atoms with E-state index in [1.54, 1.807) is 23.0 Å². The van der Waals surface area contributed by atoms with Crippen LogP contribution in [0.4, 0.5) is 10.3 Å². The van der Waals surface area contributed by atoms with E-state index in [9.17, 15) is 9.50 Å². The van der Waals surface area contributed by atoms with Crippen molar-refractivity contribution in [3.8, 4) is 11.1 Å². The van der Waals surface area contributed by atoms with Crippen LogP contribution in [-0.4, -0.2) is 36.0 Å². The number of hydrogen-bond donors (Lipinski definition) is 3. The number of halogens is 1. The Labute approximate surface area is 136 Å². The van der Waals surface area contributed by atoms with Crippen molar-refractivity contribution in [2.24, 2.45) is 0 Å². The van der Waals surface area contributed by atoms with Crippen molar-refractivity contribution in [1.82, 2.24) is 24.3 Å². The van der Waals surface area contributed by atoms with E-state index in [1.165, 1.54) is 12.3 Å². The fourth-order valence-corrected chi connectivity index (χ4v) is 2.75. The molecule has 0 unspecified atom stereocenters. The van der Waals surface area contributed by atoms with E-state index in [4.69, 9.17) is 0 Å². The highest BCUT2D eigenvalue weighted by atomic mass is 19.1. The van der Waals surface area contributed by atoms with Crippen molar-refractivity contribution >= 4 is 22.6 Å². The minimum absolute atomic E-state index is 0.188. The van der Waals surface area contributed by atoms with Crippen molar-refractivity contribution < 1.29 is 9.50 Å². The van der Waals surface area contributed by atoms with Crippen LogP contribution in [0.2, 0.25) is 0 Å². The summed E-state index contributed by atoms with van der Waals surface area (Å²) in [5.41, 5.74) is 2.82. The average Bonchev–Trinajstić information content (AvgIpc) is 3.18. The Morgan fingerprint density at radius 3 is 3.00 bits per heavy atom. The molecule has 0 aliphatic rings. The monoisotopic (exact) mass is 326 g/mol. The summed E-state index contributed by atoms with van der Waals surface area (Å²) in [6, 6.07) is 1.42. The first-order valence-electron chi connectivity index (χ1n) is 7.56. The summed E-state index contributed by atoms with van der Waals surface area (Å²) in [5.74, 6) is 0.0870. The zero-order valence-corrected chi connectivity index (χ0v) is 12.9. The molecule has 3 N–H and O–H groups in total. The SMILES string of the molecule is CCNc1ncc2c(-c3cc(F)c4ncc(CO)n4c3)c[nH]c2n1. The van der Waals surface area contributed by atoms with Gasteiger partial charge in [-0.1, -0.05) is 0 Å². The van der Waals surface area contributed by atoms with Crippen LogP contribution in [0.5, 0.6) is 0 Å². The van der Waals surface area contributed by atoms with Gasteiger partial charge in [-0.05, 0) is 13.0 Å². The van der Waals surface area contributed by atoms with Crippen LogP contribution in [0.15, 0.2) is 30.9 Å². The smallest absolute Gasteiger partial charge is 0.224 e. The fourth-order valence-electron chi connectivity index (χ4n) is 2.75. The van der Waals surface area contributed by atoms with Crippen molar-refractivity contribution in [3.05, 3.63) is 42.4 Å². The van der Waals surface area contributed by atoms with Crippen molar-refractivity contribution in [3.63, 3.8) is 0 Å². The molecule has 0 aromatic carbocycles. The zero-order valence-electron chi connectivity index (χ0n) is 12.9. The molecular formula is C16H15FN6O. The second-order valence-corrected chi connectivity index (χ2v) is 5.37. The van der Waals surface area contributed by atoms with Crippen LogP contribution in [-0.2, 0) is 6.61 Å². The summed E-state index contributed by atoms with van der Waals surface area (Å²) >= 11 is 0. The molecule has 4 aromatic heterocycles. The quantitative estimate of drug-likeness (QED) is 0.535. The first kappa shape index (κ1) is 14.6. The minimum atomic E-state index is -0.452. The van der Waals surface area contributed by atoms with Crippen molar-refractivity contribution in [2.75, 3.05) is 11.9 Å². The molecule has 0 aliphatic carbocycles. The van der Waals surface area contributed by atoms with Crippen LogP contribution >= 0.6 is 0 Å². The van der Waals surface area contributed by atoms with Gasteiger partial charge >= 0.3 is 0 Å². The molecule has 4 aromatic rings.